The molecule has 0 aliphatic heterocycles. The van der Waals surface area contributed by atoms with E-state index in [1.54, 1.807) is 0 Å². The van der Waals surface area contributed by atoms with E-state index < -0.39 is 13.9 Å². The van der Waals surface area contributed by atoms with E-state index >= 15 is 0 Å². The average Bonchev–Trinajstić information content (AvgIpc) is 3.27. The van der Waals surface area contributed by atoms with Gasteiger partial charge in [0, 0.05) is 13.0 Å². The summed E-state index contributed by atoms with van der Waals surface area (Å²) in [5.74, 6) is -0.370. The minimum absolute atomic E-state index is 0.00558. The van der Waals surface area contributed by atoms with Crippen LogP contribution in [0.4, 0.5) is 0 Å². The van der Waals surface area contributed by atoms with Crippen molar-refractivity contribution in [2.45, 2.75) is 161 Å². The maximum Gasteiger partial charge on any atom is 0.306 e. The number of allylic oxidation sites excluding steroid dienone is 22. The Morgan fingerprint density at radius 1 is 0.477 bits per heavy atom. The molecule has 0 saturated heterocycles. The molecule has 0 aliphatic carbocycles. The van der Waals surface area contributed by atoms with Crippen LogP contribution in [0.5, 0.6) is 0 Å². The fourth-order valence-electron chi connectivity index (χ4n) is 5.93. The molecule has 2 unspecified atom stereocenters. The molecule has 0 amide bonds. The van der Waals surface area contributed by atoms with Gasteiger partial charge >= 0.3 is 5.97 Å². The van der Waals surface area contributed by atoms with Crippen molar-refractivity contribution in [1.29, 1.82) is 0 Å². The van der Waals surface area contributed by atoms with Crippen LogP contribution in [0.25, 0.3) is 0 Å². The van der Waals surface area contributed by atoms with Crippen molar-refractivity contribution in [2.24, 2.45) is 0 Å². The highest BCUT2D eigenvalue weighted by Gasteiger charge is 2.20. The quantitative estimate of drug-likeness (QED) is 0.0197. The monoisotopic (exact) mass is 922 g/mol. The number of carbonyl (C=O) groups excluding carboxylic acids is 1. The van der Waals surface area contributed by atoms with Gasteiger partial charge in [0.05, 0.1) is 34.4 Å². The van der Waals surface area contributed by atoms with Crippen LogP contribution in [0.15, 0.2) is 134 Å². The van der Waals surface area contributed by atoms with Gasteiger partial charge in [0.15, 0.2) is 0 Å². The van der Waals surface area contributed by atoms with E-state index in [9.17, 15) is 14.3 Å². The summed E-state index contributed by atoms with van der Waals surface area (Å²) in [6, 6.07) is 0. The molecule has 0 spiro atoms. The average molecular weight is 922 g/mol. The number of unbranched alkanes of at least 4 members (excludes halogenated alkanes) is 8. The number of phosphoric ester groups is 1. The van der Waals surface area contributed by atoms with Gasteiger partial charge in [-0.1, -0.05) is 173 Å². The zero-order valence-electron chi connectivity index (χ0n) is 41.6. The minimum Gasteiger partial charge on any atom is -0.756 e. The maximum atomic E-state index is 12.7. The number of likely N-dealkylation sites (N-methyl/N-ethyl adjacent to an activating group) is 1. The zero-order chi connectivity index (χ0) is 47.6. The largest absolute Gasteiger partial charge is 0.756 e. The molecule has 368 valence electrons. The topological polar surface area (TPSA) is 94.1 Å². The number of phosphoric acid groups is 1. The number of hydrogen-bond donors (Lipinski definition) is 0. The summed E-state index contributed by atoms with van der Waals surface area (Å²) in [5.41, 5.74) is 0. The Morgan fingerprint density at radius 3 is 1.26 bits per heavy atom. The highest BCUT2D eigenvalue weighted by Crippen LogP contribution is 2.38. The smallest absolute Gasteiger partial charge is 0.306 e. The van der Waals surface area contributed by atoms with Crippen LogP contribution in [0.3, 0.4) is 0 Å². The van der Waals surface area contributed by atoms with E-state index in [0.29, 0.717) is 17.6 Å². The second-order valence-corrected chi connectivity index (χ2v) is 18.5. The first-order chi connectivity index (χ1) is 31.6. The van der Waals surface area contributed by atoms with E-state index in [1.165, 1.54) is 6.42 Å². The van der Waals surface area contributed by atoms with E-state index in [4.69, 9.17) is 18.5 Å². The molecule has 0 fully saturated rings. The molecule has 0 aromatic rings. The van der Waals surface area contributed by atoms with Gasteiger partial charge in [-0.15, -0.1) is 0 Å². The lowest BCUT2D eigenvalue weighted by molar-refractivity contribution is -0.870. The molecule has 0 radical (unpaired) electrons. The zero-order valence-corrected chi connectivity index (χ0v) is 42.5. The van der Waals surface area contributed by atoms with Crippen molar-refractivity contribution in [3.8, 4) is 0 Å². The number of rotatable bonds is 44. The SMILES string of the molecule is CC/C=C\C/C=C\C/C=C\C/C=C\C/C=C\C/C=C\CCCCCCCCC(=O)OC(COCCCC/C=C\C/C=C\C/C=C\C/C=C\C/C=C\CC)COP(=O)([O-])OCC[N+](C)(C)C. The molecule has 0 aromatic carbocycles. The van der Waals surface area contributed by atoms with Crippen LogP contribution in [0, 0.1) is 0 Å². The standard InChI is InChI=1S/C56H92NO7P/c1-6-8-10-12-14-16-18-20-22-24-26-27-28-29-30-31-32-33-35-37-39-41-43-45-47-49-56(58)64-55(54-63-65(59,60)62-52-50-57(3,4)5)53-61-51-48-46-44-42-40-38-36-34-25-23-21-19-17-15-13-11-9-7-2/h8-11,14-17,20-23,26-27,29-30,32-34,36,40,42,55H,6-7,12-13,18-19,24-25,28,31,35,37-39,41,43-54H2,1-5H3/b10-8-,11-9-,16-14-,17-15-,22-20-,23-21-,27-26-,30-29-,33-32-,36-34-,42-40-. The van der Waals surface area contributed by atoms with Crippen LogP contribution in [-0.2, 0) is 27.9 Å². The van der Waals surface area contributed by atoms with E-state index in [2.05, 4.69) is 148 Å². The Kier molecular flexibility index (Phi) is 44.7. The third kappa shape index (κ3) is 51.5. The second kappa shape index (κ2) is 47.1. The Labute approximate surface area is 398 Å². The van der Waals surface area contributed by atoms with Gasteiger partial charge in [0.1, 0.15) is 19.3 Å². The van der Waals surface area contributed by atoms with Crippen LogP contribution < -0.4 is 4.89 Å². The van der Waals surface area contributed by atoms with Gasteiger partial charge in [-0.3, -0.25) is 9.36 Å². The molecule has 0 saturated carbocycles. The highest BCUT2D eigenvalue weighted by atomic mass is 31.2. The molecule has 0 bridgehead atoms. The lowest BCUT2D eigenvalue weighted by Gasteiger charge is -2.28. The molecule has 9 heteroatoms. The number of quaternary nitrogens is 1. The number of nitrogens with zero attached hydrogens (tertiary/aromatic N) is 1. The summed E-state index contributed by atoms with van der Waals surface area (Å²) in [6.45, 7) is 5.01. The molecule has 0 aromatic heterocycles. The normalized spacial score (nSPS) is 14.7. The van der Waals surface area contributed by atoms with Gasteiger partial charge in [-0.05, 0) is 109 Å². The molecule has 0 aliphatic rings. The summed E-state index contributed by atoms with van der Waals surface area (Å²) < 4.78 is 34.6. The number of carbonyl (C=O) groups is 1. The van der Waals surface area contributed by atoms with E-state index in [-0.39, 0.29) is 32.2 Å². The molecule has 0 N–H and O–H groups in total. The fraction of sp³-hybridized carbons (Fsp3) is 0.589. The van der Waals surface area contributed by atoms with Crippen LogP contribution in [0.1, 0.15) is 155 Å². The third-order valence-electron chi connectivity index (χ3n) is 9.70. The summed E-state index contributed by atoms with van der Waals surface area (Å²) in [6.07, 6.45) is 69.1. The Morgan fingerprint density at radius 2 is 0.846 bits per heavy atom. The van der Waals surface area contributed by atoms with Gasteiger partial charge < -0.3 is 27.9 Å². The van der Waals surface area contributed by atoms with Gasteiger partial charge in [-0.2, -0.15) is 0 Å². The molecule has 65 heavy (non-hydrogen) atoms. The molecule has 2 atom stereocenters. The first kappa shape index (κ1) is 61.6. The summed E-state index contributed by atoms with van der Waals surface area (Å²) in [7, 11) is 1.29. The van der Waals surface area contributed by atoms with Crippen molar-refractivity contribution >= 4 is 13.8 Å². The van der Waals surface area contributed by atoms with Crippen LogP contribution in [-0.4, -0.2) is 70.7 Å². The number of hydrogen-bond acceptors (Lipinski definition) is 7. The lowest BCUT2D eigenvalue weighted by Crippen LogP contribution is -2.37. The van der Waals surface area contributed by atoms with Crippen molar-refractivity contribution < 1.29 is 37.3 Å². The van der Waals surface area contributed by atoms with Gasteiger partial charge in [0.25, 0.3) is 7.82 Å². The summed E-state index contributed by atoms with van der Waals surface area (Å²) >= 11 is 0. The Balaban J connectivity index is 4.31. The first-order valence-electron chi connectivity index (χ1n) is 24.9. The number of esters is 1. The first-order valence-corrected chi connectivity index (χ1v) is 26.4. The minimum atomic E-state index is -4.56. The predicted molar refractivity (Wildman–Crippen MR) is 277 cm³/mol. The molecular formula is C56H92NO7P. The van der Waals surface area contributed by atoms with Crippen molar-refractivity contribution in [2.75, 3.05) is 54.1 Å². The molecular weight excluding hydrogens is 830 g/mol. The fourth-order valence-corrected chi connectivity index (χ4v) is 6.66. The Bertz CT molecular complexity index is 1490. The van der Waals surface area contributed by atoms with Crippen molar-refractivity contribution in [3.63, 3.8) is 0 Å². The van der Waals surface area contributed by atoms with Crippen LogP contribution >= 0.6 is 7.82 Å². The second-order valence-electron chi connectivity index (χ2n) is 17.1. The molecule has 0 rings (SSSR count). The van der Waals surface area contributed by atoms with Gasteiger partial charge in [-0.25, -0.2) is 0 Å². The summed E-state index contributed by atoms with van der Waals surface area (Å²) in [5, 5.41) is 0. The highest BCUT2D eigenvalue weighted by molar-refractivity contribution is 7.45. The Hall–Kier alpha value is -3.36. The van der Waals surface area contributed by atoms with Crippen LogP contribution in [0.2, 0.25) is 0 Å². The maximum absolute atomic E-state index is 12.7. The number of ether oxygens (including phenoxy) is 2. The molecule has 0 heterocycles. The third-order valence-corrected chi connectivity index (χ3v) is 10.7. The lowest BCUT2D eigenvalue weighted by atomic mass is 10.1. The summed E-state index contributed by atoms with van der Waals surface area (Å²) in [4.78, 5) is 25.2. The van der Waals surface area contributed by atoms with E-state index in [1.807, 2.05) is 21.1 Å². The van der Waals surface area contributed by atoms with Crippen molar-refractivity contribution in [1.82, 2.24) is 0 Å². The van der Waals surface area contributed by atoms with E-state index in [0.717, 1.165) is 128 Å². The van der Waals surface area contributed by atoms with Gasteiger partial charge in [0.2, 0.25) is 0 Å². The predicted octanol–water partition coefficient (Wildman–Crippen LogP) is 14.9. The van der Waals surface area contributed by atoms with Crippen molar-refractivity contribution in [3.05, 3.63) is 134 Å². The molecule has 8 nitrogen and oxygen atoms in total.